The maximum absolute atomic E-state index is 5.73. The summed E-state index contributed by atoms with van der Waals surface area (Å²) in [5.74, 6) is 0.736. The first kappa shape index (κ1) is 14.0. The number of para-hydroxylation sites is 1. The summed E-state index contributed by atoms with van der Waals surface area (Å²) >= 11 is 0. The summed E-state index contributed by atoms with van der Waals surface area (Å²) in [4.78, 5) is 2.44. The summed E-state index contributed by atoms with van der Waals surface area (Å²) in [5, 5.41) is 0. The van der Waals surface area contributed by atoms with Crippen molar-refractivity contribution in [3.8, 4) is 0 Å². The second kappa shape index (κ2) is 6.65. The molecule has 0 aliphatic rings. The van der Waals surface area contributed by atoms with Gasteiger partial charge in [-0.1, -0.05) is 32.0 Å². The predicted molar refractivity (Wildman–Crippen MR) is 76.6 cm³/mol. The molecule has 0 bridgehead atoms. The molecule has 96 valence electrons. The Morgan fingerprint density at radius 1 is 1.12 bits per heavy atom. The number of benzene rings is 1. The zero-order valence-electron chi connectivity index (χ0n) is 11.7. The molecule has 1 aromatic carbocycles. The van der Waals surface area contributed by atoms with E-state index in [0.29, 0.717) is 6.54 Å². The van der Waals surface area contributed by atoms with Crippen LogP contribution >= 0.6 is 0 Å². The van der Waals surface area contributed by atoms with E-state index in [1.54, 1.807) is 0 Å². The van der Waals surface area contributed by atoms with Gasteiger partial charge in [0.25, 0.3) is 0 Å². The Labute approximate surface area is 106 Å². The third-order valence-corrected chi connectivity index (χ3v) is 3.13. The van der Waals surface area contributed by atoms with Gasteiger partial charge in [0.1, 0.15) is 0 Å². The average molecular weight is 234 g/mol. The Morgan fingerprint density at radius 3 is 2.18 bits per heavy atom. The smallest absolute Gasteiger partial charge is 0.0426 e. The molecule has 0 radical (unpaired) electrons. The molecule has 0 amide bonds. The molecule has 2 nitrogen and oxygen atoms in total. The number of rotatable bonds is 6. The van der Waals surface area contributed by atoms with Gasteiger partial charge in [-0.25, -0.2) is 0 Å². The summed E-state index contributed by atoms with van der Waals surface area (Å²) in [7, 11) is 0. The summed E-state index contributed by atoms with van der Waals surface area (Å²) in [5.41, 5.74) is 9.80. The topological polar surface area (TPSA) is 29.3 Å². The normalized spacial score (nSPS) is 10.9. The number of nitrogens with zero attached hydrogens (tertiary/aromatic N) is 1. The Hall–Kier alpha value is -1.02. The molecule has 0 saturated carbocycles. The average Bonchev–Trinajstić information content (AvgIpc) is 2.25. The van der Waals surface area contributed by atoms with Crippen molar-refractivity contribution < 1.29 is 0 Å². The number of anilines is 1. The van der Waals surface area contributed by atoms with Crippen molar-refractivity contribution in [2.45, 2.75) is 34.1 Å². The first-order valence-corrected chi connectivity index (χ1v) is 6.57. The quantitative estimate of drug-likeness (QED) is 0.819. The van der Waals surface area contributed by atoms with E-state index in [1.807, 2.05) is 0 Å². The number of hydrogen-bond acceptors (Lipinski definition) is 2. The van der Waals surface area contributed by atoms with Crippen LogP contribution in [0.15, 0.2) is 18.2 Å². The van der Waals surface area contributed by atoms with Gasteiger partial charge in [-0.2, -0.15) is 0 Å². The van der Waals surface area contributed by atoms with Crippen LogP contribution in [0.5, 0.6) is 0 Å². The van der Waals surface area contributed by atoms with Gasteiger partial charge in [0.2, 0.25) is 0 Å². The summed E-state index contributed by atoms with van der Waals surface area (Å²) in [6, 6.07) is 6.49. The Kier molecular flexibility index (Phi) is 5.49. The van der Waals surface area contributed by atoms with Crippen LogP contribution in [0, 0.1) is 19.8 Å². The lowest BCUT2D eigenvalue weighted by atomic mass is 10.1. The standard InChI is InChI=1S/C15H26N2/c1-12(2)8-10-17(11-9-16)15-13(3)6-5-7-14(15)4/h5-7,12H,8-11,16H2,1-4H3. The molecule has 1 rings (SSSR count). The van der Waals surface area contributed by atoms with Crippen molar-refractivity contribution in [3.63, 3.8) is 0 Å². The fourth-order valence-electron chi connectivity index (χ4n) is 2.21. The summed E-state index contributed by atoms with van der Waals surface area (Å²) in [6.45, 7) is 11.7. The Balaban J connectivity index is 2.88. The molecular weight excluding hydrogens is 208 g/mol. The molecule has 0 unspecified atom stereocenters. The fraction of sp³-hybridized carbons (Fsp3) is 0.600. The van der Waals surface area contributed by atoms with Crippen LogP contribution in [-0.2, 0) is 0 Å². The number of nitrogens with two attached hydrogens (primary N) is 1. The van der Waals surface area contributed by atoms with Gasteiger partial charge >= 0.3 is 0 Å². The largest absolute Gasteiger partial charge is 0.370 e. The molecule has 0 saturated heterocycles. The van der Waals surface area contributed by atoms with Crippen LogP contribution in [0.1, 0.15) is 31.4 Å². The minimum Gasteiger partial charge on any atom is -0.370 e. The van der Waals surface area contributed by atoms with E-state index in [2.05, 4.69) is 50.8 Å². The van der Waals surface area contributed by atoms with Gasteiger partial charge in [-0.3, -0.25) is 0 Å². The van der Waals surface area contributed by atoms with Crippen molar-refractivity contribution in [1.29, 1.82) is 0 Å². The van der Waals surface area contributed by atoms with E-state index >= 15 is 0 Å². The van der Waals surface area contributed by atoms with Crippen molar-refractivity contribution >= 4 is 5.69 Å². The number of aryl methyl sites for hydroxylation is 2. The molecule has 0 heterocycles. The molecule has 2 heteroatoms. The van der Waals surface area contributed by atoms with Gasteiger partial charge < -0.3 is 10.6 Å². The van der Waals surface area contributed by atoms with Crippen LogP contribution in [0.2, 0.25) is 0 Å². The van der Waals surface area contributed by atoms with Crippen molar-refractivity contribution in [1.82, 2.24) is 0 Å². The molecule has 0 atom stereocenters. The van der Waals surface area contributed by atoms with Crippen LogP contribution < -0.4 is 10.6 Å². The maximum Gasteiger partial charge on any atom is 0.0426 e. The number of hydrogen-bond donors (Lipinski definition) is 1. The van der Waals surface area contributed by atoms with Crippen molar-refractivity contribution in [2.75, 3.05) is 24.5 Å². The van der Waals surface area contributed by atoms with Gasteiger partial charge in [-0.15, -0.1) is 0 Å². The highest BCUT2D eigenvalue weighted by atomic mass is 15.1. The first-order chi connectivity index (χ1) is 8.06. The van der Waals surface area contributed by atoms with E-state index in [9.17, 15) is 0 Å². The fourth-order valence-corrected chi connectivity index (χ4v) is 2.21. The first-order valence-electron chi connectivity index (χ1n) is 6.57. The minimum absolute atomic E-state index is 0.714. The monoisotopic (exact) mass is 234 g/mol. The van der Waals surface area contributed by atoms with Crippen LogP contribution in [0.3, 0.4) is 0 Å². The minimum atomic E-state index is 0.714. The third kappa shape index (κ3) is 4.04. The molecule has 0 spiro atoms. The summed E-state index contributed by atoms with van der Waals surface area (Å²) in [6.07, 6.45) is 1.22. The van der Waals surface area contributed by atoms with Gasteiger partial charge in [0.05, 0.1) is 0 Å². The van der Waals surface area contributed by atoms with E-state index in [1.165, 1.54) is 23.2 Å². The van der Waals surface area contributed by atoms with Crippen LogP contribution in [0.4, 0.5) is 5.69 Å². The summed E-state index contributed by atoms with van der Waals surface area (Å²) < 4.78 is 0. The molecule has 0 aliphatic carbocycles. The van der Waals surface area contributed by atoms with Gasteiger partial charge in [0, 0.05) is 25.3 Å². The predicted octanol–water partition coefficient (Wildman–Crippen LogP) is 3.11. The van der Waals surface area contributed by atoms with E-state index < -0.39 is 0 Å². The zero-order chi connectivity index (χ0) is 12.8. The van der Waals surface area contributed by atoms with Crippen LogP contribution in [0.25, 0.3) is 0 Å². The molecular formula is C15H26N2. The van der Waals surface area contributed by atoms with Crippen molar-refractivity contribution in [3.05, 3.63) is 29.3 Å². The lowest BCUT2D eigenvalue weighted by Gasteiger charge is -2.28. The zero-order valence-corrected chi connectivity index (χ0v) is 11.7. The van der Waals surface area contributed by atoms with Gasteiger partial charge in [0.15, 0.2) is 0 Å². The highest BCUT2D eigenvalue weighted by Gasteiger charge is 2.11. The maximum atomic E-state index is 5.73. The van der Waals surface area contributed by atoms with Crippen LogP contribution in [-0.4, -0.2) is 19.6 Å². The molecule has 1 aromatic rings. The third-order valence-electron chi connectivity index (χ3n) is 3.13. The van der Waals surface area contributed by atoms with Gasteiger partial charge in [-0.05, 0) is 37.3 Å². The second-order valence-corrected chi connectivity index (χ2v) is 5.20. The highest BCUT2D eigenvalue weighted by molar-refractivity contribution is 5.58. The molecule has 0 aliphatic heterocycles. The Bertz CT molecular complexity index is 325. The molecule has 2 N–H and O–H groups in total. The van der Waals surface area contributed by atoms with E-state index in [-0.39, 0.29) is 0 Å². The highest BCUT2D eigenvalue weighted by Crippen LogP contribution is 2.24. The SMILES string of the molecule is Cc1cccc(C)c1N(CCN)CCC(C)C. The lowest BCUT2D eigenvalue weighted by Crippen LogP contribution is -2.32. The van der Waals surface area contributed by atoms with E-state index in [4.69, 9.17) is 5.73 Å². The van der Waals surface area contributed by atoms with E-state index in [0.717, 1.165) is 19.0 Å². The second-order valence-electron chi connectivity index (χ2n) is 5.20. The molecule has 0 aromatic heterocycles. The Morgan fingerprint density at radius 2 is 1.71 bits per heavy atom. The van der Waals surface area contributed by atoms with Crippen molar-refractivity contribution in [2.24, 2.45) is 11.7 Å². The molecule has 0 fully saturated rings. The molecule has 17 heavy (non-hydrogen) atoms. The lowest BCUT2D eigenvalue weighted by molar-refractivity contribution is 0.572.